The second-order valence-corrected chi connectivity index (χ2v) is 5.73. The minimum Gasteiger partial charge on any atom is -0.395 e. The van der Waals surface area contributed by atoms with Crippen molar-refractivity contribution in [2.45, 2.75) is 6.54 Å². The molecule has 0 bridgehead atoms. The number of benzene rings is 1. The number of rotatable bonds is 5. The summed E-state index contributed by atoms with van der Waals surface area (Å²) < 4.78 is 2.12. The largest absolute Gasteiger partial charge is 0.395 e. The number of nitriles is 1. The topological polar surface area (TPSA) is 91.3 Å². The van der Waals surface area contributed by atoms with Crippen molar-refractivity contribution in [2.75, 3.05) is 18.1 Å². The minimum atomic E-state index is -0.662. The van der Waals surface area contributed by atoms with Gasteiger partial charge >= 0.3 is 5.69 Å². The Morgan fingerprint density at radius 2 is 2.00 bits per heavy atom. The summed E-state index contributed by atoms with van der Waals surface area (Å²) in [6.45, 7) is 0.243. The average Bonchev–Trinajstić information content (AvgIpc) is 2.56. The second-order valence-electron chi connectivity index (χ2n) is 5.29. The van der Waals surface area contributed by atoms with Crippen LogP contribution in [0.15, 0.2) is 33.9 Å². The maximum Gasteiger partial charge on any atom is 0.332 e. The number of nitrogens with zero attached hydrogens (tertiary/aromatic N) is 4. The first kappa shape index (κ1) is 17.8. The Balaban J connectivity index is 2.62. The summed E-state index contributed by atoms with van der Waals surface area (Å²) in [6, 6.07) is 8.96. The van der Waals surface area contributed by atoms with Crippen LogP contribution in [-0.4, -0.2) is 27.4 Å². The number of halogens is 1. The number of anilines is 1. The molecule has 1 aromatic carbocycles. The van der Waals surface area contributed by atoms with Gasteiger partial charge in [-0.3, -0.25) is 13.9 Å². The summed E-state index contributed by atoms with van der Waals surface area (Å²) in [4.78, 5) is 26.0. The molecule has 126 valence electrons. The lowest BCUT2D eigenvalue weighted by Gasteiger charge is -2.27. The monoisotopic (exact) mass is 348 g/mol. The van der Waals surface area contributed by atoms with E-state index in [1.807, 2.05) is 12.1 Å². The van der Waals surface area contributed by atoms with Crippen molar-refractivity contribution in [3.63, 3.8) is 0 Å². The van der Waals surface area contributed by atoms with Crippen LogP contribution in [-0.2, 0) is 20.6 Å². The van der Waals surface area contributed by atoms with Crippen LogP contribution in [0.1, 0.15) is 11.1 Å². The summed E-state index contributed by atoms with van der Waals surface area (Å²) in [5.41, 5.74) is -0.518. The zero-order chi connectivity index (χ0) is 17.9. The van der Waals surface area contributed by atoms with E-state index in [4.69, 9.17) is 11.6 Å². The minimum absolute atomic E-state index is 0.143. The second kappa shape index (κ2) is 7.34. The molecule has 0 aliphatic heterocycles. The molecule has 0 aliphatic rings. The van der Waals surface area contributed by atoms with Crippen LogP contribution in [0.4, 0.5) is 5.82 Å². The predicted octanol–water partition coefficient (Wildman–Crippen LogP) is 0.608. The highest BCUT2D eigenvalue weighted by Gasteiger charge is 2.21. The number of aromatic nitrogens is 2. The van der Waals surface area contributed by atoms with Crippen LogP contribution in [0, 0.1) is 11.3 Å². The Kier molecular flexibility index (Phi) is 5.44. The van der Waals surface area contributed by atoms with Gasteiger partial charge in [0.25, 0.3) is 5.56 Å². The highest BCUT2D eigenvalue weighted by molar-refractivity contribution is 6.30. The Hall–Kier alpha value is -2.56. The smallest absolute Gasteiger partial charge is 0.332 e. The number of aliphatic hydroxyl groups excluding tert-OH is 1. The van der Waals surface area contributed by atoms with Crippen molar-refractivity contribution in [3.05, 3.63) is 61.3 Å². The molecule has 0 atom stereocenters. The fourth-order valence-electron chi connectivity index (χ4n) is 2.54. The quantitative estimate of drug-likeness (QED) is 0.854. The molecule has 0 unspecified atom stereocenters. The van der Waals surface area contributed by atoms with Gasteiger partial charge in [0.2, 0.25) is 0 Å². The zero-order valence-electron chi connectivity index (χ0n) is 13.4. The lowest BCUT2D eigenvalue weighted by molar-refractivity contribution is 0.300. The van der Waals surface area contributed by atoms with Crippen molar-refractivity contribution < 1.29 is 5.11 Å². The molecular formula is C16H17ClN4O3. The van der Waals surface area contributed by atoms with E-state index < -0.39 is 11.2 Å². The number of hydrogen-bond acceptors (Lipinski definition) is 5. The van der Waals surface area contributed by atoms with Gasteiger partial charge in [-0.2, -0.15) is 5.26 Å². The molecule has 0 saturated carbocycles. The molecule has 0 aliphatic carbocycles. The highest BCUT2D eigenvalue weighted by Crippen LogP contribution is 2.19. The molecule has 2 rings (SSSR count). The molecule has 2 aromatic rings. The predicted molar refractivity (Wildman–Crippen MR) is 91.2 cm³/mol. The first-order valence-corrected chi connectivity index (χ1v) is 7.58. The fraction of sp³-hybridized carbons (Fsp3) is 0.312. The SMILES string of the molecule is Cn1c(N(CCO)Cc2cccc(Cl)c2)c(C#N)c(=O)n(C)c1=O. The first-order valence-electron chi connectivity index (χ1n) is 7.21. The van der Waals surface area contributed by atoms with Crippen molar-refractivity contribution in [1.82, 2.24) is 9.13 Å². The molecule has 0 radical (unpaired) electrons. The molecule has 8 heteroatoms. The third-order valence-electron chi connectivity index (χ3n) is 3.68. The fourth-order valence-corrected chi connectivity index (χ4v) is 2.75. The van der Waals surface area contributed by atoms with E-state index in [2.05, 4.69) is 0 Å². The van der Waals surface area contributed by atoms with Gasteiger partial charge in [0.1, 0.15) is 11.9 Å². The van der Waals surface area contributed by atoms with Crippen LogP contribution < -0.4 is 16.1 Å². The summed E-state index contributed by atoms with van der Waals surface area (Å²) in [6.07, 6.45) is 0. The van der Waals surface area contributed by atoms with Gasteiger partial charge in [-0.15, -0.1) is 0 Å². The normalized spacial score (nSPS) is 10.5. The highest BCUT2D eigenvalue weighted by atomic mass is 35.5. The molecule has 1 heterocycles. The molecular weight excluding hydrogens is 332 g/mol. The Labute approximate surface area is 143 Å². The van der Waals surface area contributed by atoms with E-state index in [0.717, 1.165) is 10.1 Å². The summed E-state index contributed by atoms with van der Waals surface area (Å²) in [5.74, 6) is 0.180. The molecule has 24 heavy (non-hydrogen) atoms. The third kappa shape index (κ3) is 3.35. The van der Waals surface area contributed by atoms with Gasteiger partial charge in [-0.25, -0.2) is 4.79 Å². The molecule has 0 spiro atoms. The van der Waals surface area contributed by atoms with Crippen LogP contribution in [0.2, 0.25) is 5.02 Å². The van der Waals surface area contributed by atoms with Gasteiger partial charge in [0.15, 0.2) is 5.56 Å². The van der Waals surface area contributed by atoms with Crippen LogP contribution in [0.25, 0.3) is 0 Å². The van der Waals surface area contributed by atoms with Crippen LogP contribution >= 0.6 is 11.6 Å². The molecule has 0 saturated heterocycles. The lowest BCUT2D eigenvalue weighted by Crippen LogP contribution is -2.43. The van der Waals surface area contributed by atoms with Crippen molar-refractivity contribution in [2.24, 2.45) is 14.1 Å². The van der Waals surface area contributed by atoms with Gasteiger partial charge in [0.05, 0.1) is 6.61 Å². The molecule has 0 amide bonds. The average molecular weight is 349 g/mol. The molecule has 1 aromatic heterocycles. The summed E-state index contributed by atoms with van der Waals surface area (Å²) >= 11 is 5.98. The Bertz CT molecular complexity index is 911. The zero-order valence-corrected chi connectivity index (χ0v) is 14.1. The Morgan fingerprint density at radius 1 is 1.29 bits per heavy atom. The van der Waals surface area contributed by atoms with E-state index in [1.165, 1.54) is 18.7 Å². The lowest BCUT2D eigenvalue weighted by atomic mass is 10.2. The molecule has 7 nitrogen and oxygen atoms in total. The van der Waals surface area contributed by atoms with E-state index in [0.29, 0.717) is 5.02 Å². The molecule has 1 N–H and O–H groups in total. The van der Waals surface area contributed by atoms with Crippen LogP contribution in [0.5, 0.6) is 0 Å². The number of hydrogen-bond donors (Lipinski definition) is 1. The van der Waals surface area contributed by atoms with E-state index in [9.17, 15) is 20.0 Å². The van der Waals surface area contributed by atoms with Crippen LogP contribution in [0.3, 0.4) is 0 Å². The van der Waals surface area contributed by atoms with Crippen molar-refractivity contribution in [1.29, 1.82) is 5.26 Å². The molecule has 0 fully saturated rings. The Morgan fingerprint density at radius 3 is 2.58 bits per heavy atom. The van der Waals surface area contributed by atoms with Gasteiger partial charge in [-0.1, -0.05) is 23.7 Å². The maximum atomic E-state index is 12.2. The van der Waals surface area contributed by atoms with Gasteiger partial charge in [-0.05, 0) is 17.7 Å². The van der Waals surface area contributed by atoms with Gasteiger partial charge < -0.3 is 10.0 Å². The first-order chi connectivity index (χ1) is 11.4. The van der Waals surface area contributed by atoms with E-state index in [-0.39, 0.29) is 31.1 Å². The van der Waals surface area contributed by atoms with Crippen molar-refractivity contribution in [3.8, 4) is 6.07 Å². The van der Waals surface area contributed by atoms with E-state index >= 15 is 0 Å². The maximum absolute atomic E-state index is 12.2. The standard InChI is InChI=1S/C16H17ClN4O3/c1-19-14(13(9-18)15(23)20(2)16(19)24)21(6-7-22)10-11-4-3-5-12(17)8-11/h3-5,8,22H,6-7,10H2,1-2H3. The summed E-state index contributed by atoms with van der Waals surface area (Å²) in [5, 5.41) is 19.3. The van der Waals surface area contributed by atoms with Gasteiger partial charge in [0, 0.05) is 32.2 Å². The van der Waals surface area contributed by atoms with E-state index in [1.54, 1.807) is 23.1 Å². The third-order valence-corrected chi connectivity index (χ3v) is 3.91. The van der Waals surface area contributed by atoms with Crippen molar-refractivity contribution >= 4 is 17.4 Å². The number of aliphatic hydroxyl groups is 1. The summed E-state index contributed by atoms with van der Waals surface area (Å²) in [7, 11) is 2.81.